The van der Waals surface area contributed by atoms with E-state index in [4.69, 9.17) is 11.2 Å². The van der Waals surface area contributed by atoms with E-state index < -0.39 is 0 Å². The first-order valence-electron chi connectivity index (χ1n) is 8.72. The second-order valence-electron chi connectivity index (χ2n) is 6.72. The van der Waals surface area contributed by atoms with Crippen LogP contribution < -0.4 is 10.1 Å². The molecule has 0 saturated carbocycles. The molecule has 1 fully saturated rings. The Balaban J connectivity index is 1.89. The number of likely N-dealkylation sites (tertiary alicyclic amines) is 1. The molecule has 1 aromatic carbocycles. The van der Waals surface area contributed by atoms with Gasteiger partial charge in [0.25, 0.3) is 0 Å². The summed E-state index contributed by atoms with van der Waals surface area (Å²) in [6.45, 7) is 8.49. The third-order valence-electron chi connectivity index (χ3n) is 4.36. The van der Waals surface area contributed by atoms with Crippen LogP contribution in [0.15, 0.2) is 24.3 Å². The summed E-state index contributed by atoms with van der Waals surface area (Å²) >= 11 is 0. The van der Waals surface area contributed by atoms with Gasteiger partial charge in [-0.15, -0.1) is 6.42 Å². The minimum absolute atomic E-state index is 0.0306. The van der Waals surface area contributed by atoms with Gasteiger partial charge in [-0.2, -0.15) is 0 Å². The molecule has 0 bridgehead atoms. The lowest BCUT2D eigenvalue weighted by atomic mass is 9.95. The molecule has 1 aliphatic heterocycles. The summed E-state index contributed by atoms with van der Waals surface area (Å²) in [4.78, 5) is 14.7. The zero-order valence-electron chi connectivity index (χ0n) is 14.9. The largest absolute Gasteiger partial charge is 0.491 e. The molecule has 1 heterocycles. The fourth-order valence-corrected chi connectivity index (χ4v) is 3.03. The third kappa shape index (κ3) is 5.28. The van der Waals surface area contributed by atoms with Crippen LogP contribution in [0, 0.1) is 18.3 Å². The quantitative estimate of drug-likeness (QED) is 0.816. The molecular formula is C20H28N2O2. The minimum atomic E-state index is -0.0306. The molecule has 0 aromatic heterocycles. The summed E-state index contributed by atoms with van der Waals surface area (Å²) in [5, 5.41) is 3.14. The number of piperidine rings is 1. The number of amides is 1. The summed E-state index contributed by atoms with van der Waals surface area (Å²) < 4.78 is 5.73. The normalized spacial score (nSPS) is 17.3. The van der Waals surface area contributed by atoms with Crippen molar-refractivity contribution in [3.05, 3.63) is 29.8 Å². The highest BCUT2D eigenvalue weighted by atomic mass is 16.5. The van der Waals surface area contributed by atoms with Crippen molar-refractivity contribution < 1.29 is 9.53 Å². The monoisotopic (exact) mass is 328 g/mol. The Labute approximate surface area is 145 Å². The molecule has 1 N–H and O–H groups in total. The van der Waals surface area contributed by atoms with Gasteiger partial charge in [0.05, 0.1) is 18.7 Å². The predicted molar refractivity (Wildman–Crippen MR) is 96.8 cm³/mol. The number of hydrogen-bond donors (Lipinski definition) is 1. The summed E-state index contributed by atoms with van der Waals surface area (Å²) in [6, 6.07) is 7.90. The van der Waals surface area contributed by atoms with E-state index in [0.29, 0.717) is 6.54 Å². The smallest absolute Gasteiger partial charge is 0.223 e. The van der Waals surface area contributed by atoms with Gasteiger partial charge < -0.3 is 10.1 Å². The molecule has 2 rings (SSSR count). The lowest BCUT2D eigenvalue weighted by molar-refractivity contribution is -0.127. The van der Waals surface area contributed by atoms with E-state index in [1.54, 1.807) is 0 Å². The highest BCUT2D eigenvalue weighted by molar-refractivity contribution is 5.79. The van der Waals surface area contributed by atoms with Gasteiger partial charge in [0, 0.05) is 5.92 Å². The topological polar surface area (TPSA) is 41.6 Å². The minimum Gasteiger partial charge on any atom is -0.491 e. The van der Waals surface area contributed by atoms with Gasteiger partial charge in [0.15, 0.2) is 0 Å². The predicted octanol–water partition coefficient (Wildman–Crippen LogP) is 3.00. The van der Waals surface area contributed by atoms with Crippen molar-refractivity contribution in [2.45, 2.75) is 45.8 Å². The van der Waals surface area contributed by atoms with Crippen LogP contribution in [0.4, 0.5) is 0 Å². The van der Waals surface area contributed by atoms with Crippen molar-refractivity contribution in [3.8, 4) is 18.1 Å². The first-order valence-corrected chi connectivity index (χ1v) is 8.72. The Kier molecular flexibility index (Phi) is 6.69. The van der Waals surface area contributed by atoms with Crippen LogP contribution in [0.2, 0.25) is 0 Å². The van der Waals surface area contributed by atoms with E-state index in [2.05, 4.69) is 16.1 Å². The molecule has 0 radical (unpaired) electrons. The lowest BCUT2D eigenvalue weighted by Crippen LogP contribution is -2.41. The third-order valence-corrected chi connectivity index (χ3v) is 4.36. The molecule has 130 valence electrons. The number of ether oxygens (including phenoxy) is 1. The van der Waals surface area contributed by atoms with Crippen molar-refractivity contribution >= 4 is 5.91 Å². The Hall–Kier alpha value is -1.99. The van der Waals surface area contributed by atoms with Gasteiger partial charge in [-0.05, 0) is 64.4 Å². The van der Waals surface area contributed by atoms with E-state index in [9.17, 15) is 4.79 Å². The van der Waals surface area contributed by atoms with Gasteiger partial charge in [0.2, 0.25) is 5.91 Å². The van der Waals surface area contributed by atoms with Gasteiger partial charge in [-0.3, -0.25) is 9.69 Å². The van der Waals surface area contributed by atoms with Gasteiger partial charge >= 0.3 is 0 Å². The maximum atomic E-state index is 12.5. The standard InChI is InChI=1S/C20H28N2O2/c1-5-11-22-12-9-17(10-13-22)20(23)21-16(4)18-7-6-8-19(14-18)24-15(2)3/h1,6-8,14-17H,9-13H2,2-4H3,(H,21,23). The number of nitrogens with zero attached hydrogens (tertiary/aromatic N) is 1. The van der Waals surface area contributed by atoms with E-state index in [1.807, 2.05) is 45.0 Å². The molecule has 1 atom stereocenters. The average Bonchev–Trinajstić information content (AvgIpc) is 2.55. The number of rotatable bonds is 6. The second kappa shape index (κ2) is 8.75. The first-order chi connectivity index (χ1) is 11.5. The van der Waals surface area contributed by atoms with Crippen LogP contribution in [-0.2, 0) is 4.79 Å². The highest BCUT2D eigenvalue weighted by Crippen LogP contribution is 2.22. The first kappa shape index (κ1) is 18.4. The fourth-order valence-electron chi connectivity index (χ4n) is 3.03. The summed E-state index contributed by atoms with van der Waals surface area (Å²) in [5.74, 6) is 3.72. The molecule has 0 spiro atoms. The molecule has 1 unspecified atom stereocenters. The molecule has 1 aliphatic rings. The van der Waals surface area contributed by atoms with Gasteiger partial charge in [-0.1, -0.05) is 18.1 Å². The van der Waals surface area contributed by atoms with Crippen molar-refractivity contribution in [2.75, 3.05) is 19.6 Å². The Morgan fingerprint density at radius 3 is 2.71 bits per heavy atom. The fraction of sp³-hybridized carbons (Fsp3) is 0.550. The number of benzene rings is 1. The van der Waals surface area contributed by atoms with E-state index in [-0.39, 0.29) is 24.0 Å². The van der Waals surface area contributed by atoms with Crippen LogP contribution in [0.1, 0.15) is 45.2 Å². The van der Waals surface area contributed by atoms with Crippen molar-refractivity contribution in [1.29, 1.82) is 0 Å². The summed E-state index contributed by atoms with van der Waals surface area (Å²) in [6.07, 6.45) is 7.23. The molecule has 1 aromatic rings. The van der Waals surface area contributed by atoms with Crippen LogP contribution >= 0.6 is 0 Å². The Morgan fingerprint density at radius 2 is 2.08 bits per heavy atom. The highest BCUT2D eigenvalue weighted by Gasteiger charge is 2.25. The van der Waals surface area contributed by atoms with Gasteiger partial charge in [-0.25, -0.2) is 0 Å². The number of hydrogen-bond acceptors (Lipinski definition) is 3. The Morgan fingerprint density at radius 1 is 1.38 bits per heavy atom. The number of terminal acetylenes is 1. The zero-order valence-corrected chi connectivity index (χ0v) is 14.9. The van der Waals surface area contributed by atoms with Crippen molar-refractivity contribution in [2.24, 2.45) is 5.92 Å². The molecule has 4 nitrogen and oxygen atoms in total. The summed E-state index contributed by atoms with van der Waals surface area (Å²) in [7, 11) is 0. The maximum absolute atomic E-state index is 12.5. The van der Waals surface area contributed by atoms with E-state index in [1.165, 1.54) is 0 Å². The SMILES string of the molecule is C#CCN1CCC(C(=O)NC(C)c2cccc(OC(C)C)c2)CC1. The molecule has 0 aliphatic carbocycles. The maximum Gasteiger partial charge on any atom is 0.223 e. The van der Waals surface area contributed by atoms with Crippen LogP contribution in [0.5, 0.6) is 5.75 Å². The van der Waals surface area contributed by atoms with Crippen LogP contribution in [-0.4, -0.2) is 36.5 Å². The van der Waals surface area contributed by atoms with Gasteiger partial charge in [0.1, 0.15) is 5.75 Å². The summed E-state index contributed by atoms with van der Waals surface area (Å²) in [5.41, 5.74) is 1.06. The average molecular weight is 328 g/mol. The molecular weight excluding hydrogens is 300 g/mol. The van der Waals surface area contributed by atoms with Crippen molar-refractivity contribution in [1.82, 2.24) is 10.2 Å². The second-order valence-corrected chi connectivity index (χ2v) is 6.72. The molecule has 1 saturated heterocycles. The van der Waals surface area contributed by atoms with Crippen LogP contribution in [0.3, 0.4) is 0 Å². The number of carbonyl (C=O) groups excluding carboxylic acids is 1. The van der Waals surface area contributed by atoms with Crippen LogP contribution in [0.25, 0.3) is 0 Å². The molecule has 4 heteroatoms. The zero-order chi connectivity index (χ0) is 17.5. The van der Waals surface area contributed by atoms with E-state index >= 15 is 0 Å². The molecule has 24 heavy (non-hydrogen) atoms. The lowest BCUT2D eigenvalue weighted by Gasteiger charge is -2.30. The van der Waals surface area contributed by atoms with E-state index in [0.717, 1.165) is 37.2 Å². The number of carbonyl (C=O) groups is 1. The molecule has 1 amide bonds. The Bertz CT molecular complexity index is 584. The van der Waals surface area contributed by atoms with Crippen molar-refractivity contribution in [3.63, 3.8) is 0 Å². The number of nitrogens with one attached hydrogen (secondary N) is 1.